The van der Waals surface area contributed by atoms with Gasteiger partial charge in [-0.2, -0.15) is 0 Å². The summed E-state index contributed by atoms with van der Waals surface area (Å²) in [4.78, 5) is 10.4. The summed E-state index contributed by atoms with van der Waals surface area (Å²) >= 11 is 5.95. The number of hydrogen-bond acceptors (Lipinski definition) is 3. The maximum Gasteiger partial charge on any atom is 0.303 e. The Balaban J connectivity index is 2.39. The fourth-order valence-electron chi connectivity index (χ4n) is 1.34. The number of nitrogens with zero attached hydrogens (tertiary/aromatic N) is 3. The molecule has 15 heavy (non-hydrogen) atoms. The van der Waals surface area contributed by atoms with Crippen molar-refractivity contribution in [3.8, 4) is 0 Å². The second kappa shape index (κ2) is 3.86. The van der Waals surface area contributed by atoms with Gasteiger partial charge in [0.2, 0.25) is 0 Å². The second-order valence-electron chi connectivity index (χ2n) is 3.05. The van der Waals surface area contributed by atoms with Gasteiger partial charge in [-0.1, -0.05) is 17.7 Å². The molecule has 0 radical (unpaired) electrons. The molecule has 78 valence electrons. The van der Waals surface area contributed by atoms with Crippen LogP contribution in [0.3, 0.4) is 0 Å². The van der Waals surface area contributed by atoms with E-state index in [0.717, 1.165) is 0 Å². The normalized spacial score (nSPS) is 10.7. The molecule has 5 nitrogen and oxygen atoms in total. The minimum atomic E-state index is -0.862. The first-order chi connectivity index (χ1) is 7.18. The highest BCUT2D eigenvalue weighted by atomic mass is 35.5. The Kier molecular flexibility index (Phi) is 2.55. The van der Waals surface area contributed by atoms with Crippen LogP contribution in [-0.2, 0) is 11.2 Å². The third kappa shape index (κ3) is 1.92. The maximum absolute atomic E-state index is 10.4. The van der Waals surface area contributed by atoms with Crippen molar-refractivity contribution in [3.05, 3.63) is 29.2 Å². The Bertz CT molecular complexity index is 509. The van der Waals surface area contributed by atoms with Gasteiger partial charge in [0.25, 0.3) is 0 Å². The Morgan fingerprint density at radius 3 is 3.00 bits per heavy atom. The van der Waals surface area contributed by atoms with E-state index in [1.807, 2.05) is 0 Å². The van der Waals surface area contributed by atoms with Gasteiger partial charge in [0.15, 0.2) is 5.65 Å². The zero-order valence-corrected chi connectivity index (χ0v) is 8.48. The molecule has 0 saturated heterocycles. The van der Waals surface area contributed by atoms with E-state index in [4.69, 9.17) is 16.7 Å². The molecular weight excluding hydrogens is 218 g/mol. The minimum Gasteiger partial charge on any atom is -0.481 e. The summed E-state index contributed by atoms with van der Waals surface area (Å²) in [7, 11) is 0. The van der Waals surface area contributed by atoms with Crippen molar-refractivity contribution < 1.29 is 9.90 Å². The minimum absolute atomic E-state index is 0.0199. The molecule has 0 fully saturated rings. The molecule has 2 aromatic rings. The molecule has 0 aliphatic heterocycles. The summed E-state index contributed by atoms with van der Waals surface area (Å²) in [5, 5.41) is 16.8. The molecule has 2 heterocycles. The van der Waals surface area contributed by atoms with E-state index in [-0.39, 0.29) is 6.42 Å². The van der Waals surface area contributed by atoms with Crippen LogP contribution in [0.5, 0.6) is 0 Å². The van der Waals surface area contributed by atoms with Gasteiger partial charge in [0, 0.05) is 6.42 Å². The predicted molar refractivity (Wildman–Crippen MR) is 54.0 cm³/mol. The van der Waals surface area contributed by atoms with Gasteiger partial charge in [-0.05, 0) is 12.1 Å². The quantitative estimate of drug-likeness (QED) is 0.802. The van der Waals surface area contributed by atoms with Gasteiger partial charge >= 0.3 is 5.97 Å². The number of carboxylic acid groups (broad SMARTS) is 1. The summed E-state index contributed by atoms with van der Waals surface area (Å²) < 4.78 is 1.64. The van der Waals surface area contributed by atoms with Crippen LogP contribution in [0.15, 0.2) is 18.2 Å². The maximum atomic E-state index is 10.4. The third-order valence-electron chi connectivity index (χ3n) is 2.01. The smallest absolute Gasteiger partial charge is 0.303 e. The first kappa shape index (κ1) is 9.92. The number of halogens is 1. The summed E-state index contributed by atoms with van der Waals surface area (Å²) in [6, 6.07) is 5.25. The highest BCUT2D eigenvalue weighted by Crippen LogP contribution is 2.14. The van der Waals surface area contributed by atoms with Gasteiger partial charge in [0.1, 0.15) is 11.0 Å². The largest absolute Gasteiger partial charge is 0.481 e. The van der Waals surface area contributed by atoms with Crippen molar-refractivity contribution in [2.75, 3.05) is 0 Å². The number of pyridine rings is 1. The van der Waals surface area contributed by atoms with E-state index in [0.29, 0.717) is 23.0 Å². The van der Waals surface area contributed by atoms with Gasteiger partial charge in [-0.25, -0.2) is 0 Å². The van der Waals surface area contributed by atoms with Crippen molar-refractivity contribution in [2.45, 2.75) is 12.8 Å². The first-order valence-electron chi connectivity index (χ1n) is 4.39. The standard InChI is InChI=1S/C9H8ClN3O2/c10-6-2-1-3-7-11-12-8(13(6)7)4-5-9(14)15/h1-3H,4-5H2,(H,14,15). The number of hydrogen-bond donors (Lipinski definition) is 1. The molecule has 2 rings (SSSR count). The lowest BCUT2D eigenvalue weighted by Gasteiger charge is -1.99. The van der Waals surface area contributed by atoms with Gasteiger partial charge in [-0.15, -0.1) is 10.2 Å². The number of aliphatic carboxylic acids is 1. The zero-order valence-electron chi connectivity index (χ0n) is 7.72. The summed E-state index contributed by atoms with van der Waals surface area (Å²) in [5.41, 5.74) is 0.628. The molecule has 0 spiro atoms. The molecule has 0 aliphatic carbocycles. The van der Waals surface area contributed by atoms with Crippen LogP contribution in [0.4, 0.5) is 0 Å². The molecule has 0 atom stereocenters. The van der Waals surface area contributed by atoms with Crippen molar-refractivity contribution in [1.29, 1.82) is 0 Å². The highest BCUT2D eigenvalue weighted by molar-refractivity contribution is 6.29. The molecule has 2 aromatic heterocycles. The van der Waals surface area contributed by atoms with Crippen LogP contribution in [0.25, 0.3) is 5.65 Å². The first-order valence-corrected chi connectivity index (χ1v) is 4.76. The van der Waals surface area contributed by atoms with E-state index in [2.05, 4.69) is 10.2 Å². The monoisotopic (exact) mass is 225 g/mol. The summed E-state index contributed by atoms with van der Waals surface area (Å²) in [5.74, 6) is -0.295. The molecule has 0 amide bonds. The fraction of sp³-hybridized carbons (Fsp3) is 0.222. The van der Waals surface area contributed by atoms with Gasteiger partial charge < -0.3 is 5.11 Å². The number of fused-ring (bicyclic) bond motifs is 1. The number of aryl methyl sites for hydroxylation is 1. The second-order valence-corrected chi connectivity index (χ2v) is 3.44. The molecular formula is C9H8ClN3O2. The predicted octanol–water partition coefficient (Wildman–Crippen LogP) is 1.40. The average molecular weight is 226 g/mol. The SMILES string of the molecule is O=C(O)CCc1nnc2cccc(Cl)n12. The Hall–Kier alpha value is -1.62. The third-order valence-corrected chi connectivity index (χ3v) is 2.31. The molecule has 1 N–H and O–H groups in total. The molecule has 0 aliphatic rings. The van der Waals surface area contributed by atoms with Crippen LogP contribution < -0.4 is 0 Å². The van der Waals surface area contributed by atoms with E-state index >= 15 is 0 Å². The zero-order chi connectivity index (χ0) is 10.8. The van der Waals surface area contributed by atoms with Gasteiger partial charge in [0.05, 0.1) is 6.42 Å². The summed E-state index contributed by atoms with van der Waals surface area (Å²) in [6.07, 6.45) is 0.340. The lowest BCUT2D eigenvalue weighted by molar-refractivity contribution is -0.137. The van der Waals surface area contributed by atoms with Crippen LogP contribution in [0, 0.1) is 0 Å². The van der Waals surface area contributed by atoms with Crippen molar-refractivity contribution in [3.63, 3.8) is 0 Å². The summed E-state index contributed by atoms with van der Waals surface area (Å²) in [6.45, 7) is 0. The van der Waals surface area contributed by atoms with Crippen molar-refractivity contribution in [2.24, 2.45) is 0 Å². The van der Waals surface area contributed by atoms with E-state index in [1.54, 1.807) is 22.6 Å². The number of carboxylic acids is 1. The molecule has 0 unspecified atom stereocenters. The van der Waals surface area contributed by atoms with Crippen molar-refractivity contribution in [1.82, 2.24) is 14.6 Å². The molecule has 6 heteroatoms. The van der Waals surface area contributed by atoms with Crippen molar-refractivity contribution >= 4 is 23.2 Å². The Labute approximate surface area is 90.3 Å². The van der Waals surface area contributed by atoms with E-state index in [1.165, 1.54) is 0 Å². The number of aromatic nitrogens is 3. The van der Waals surface area contributed by atoms with Gasteiger partial charge in [-0.3, -0.25) is 9.20 Å². The van der Waals surface area contributed by atoms with E-state index < -0.39 is 5.97 Å². The lowest BCUT2D eigenvalue weighted by atomic mass is 10.3. The van der Waals surface area contributed by atoms with E-state index in [9.17, 15) is 4.79 Å². The molecule has 0 bridgehead atoms. The van der Waals surface area contributed by atoms with Crippen LogP contribution in [0.2, 0.25) is 5.15 Å². The Morgan fingerprint density at radius 2 is 2.27 bits per heavy atom. The average Bonchev–Trinajstić information content (AvgIpc) is 2.59. The van der Waals surface area contributed by atoms with Crippen LogP contribution in [0.1, 0.15) is 12.2 Å². The fourth-order valence-corrected chi connectivity index (χ4v) is 1.60. The highest BCUT2D eigenvalue weighted by Gasteiger charge is 2.09. The molecule has 0 saturated carbocycles. The van der Waals surface area contributed by atoms with Crippen LogP contribution >= 0.6 is 11.6 Å². The number of carbonyl (C=O) groups is 1. The lowest BCUT2D eigenvalue weighted by Crippen LogP contribution is -2.02. The number of rotatable bonds is 3. The Morgan fingerprint density at radius 1 is 1.47 bits per heavy atom. The molecule has 0 aromatic carbocycles. The van der Waals surface area contributed by atoms with Crippen LogP contribution in [-0.4, -0.2) is 25.7 Å². The topological polar surface area (TPSA) is 67.5 Å².